The lowest BCUT2D eigenvalue weighted by atomic mass is 10.3. The second-order valence-corrected chi connectivity index (χ2v) is 4.22. The van der Waals surface area contributed by atoms with Crippen LogP contribution in [0.25, 0.3) is 0 Å². The number of nitrogens with one attached hydrogen (secondary N) is 2. The van der Waals surface area contributed by atoms with Gasteiger partial charge in [-0.3, -0.25) is 9.59 Å². The molecule has 0 radical (unpaired) electrons. The minimum absolute atomic E-state index is 0. The quantitative estimate of drug-likeness (QED) is 0.577. The maximum absolute atomic E-state index is 11.5. The predicted molar refractivity (Wildman–Crippen MR) is 83.5 cm³/mol. The van der Waals surface area contributed by atoms with E-state index in [0.29, 0.717) is 18.8 Å². The fourth-order valence-electron chi connectivity index (χ4n) is 1.46. The SMILES string of the molecule is Cl.NCCCCNC(=O)CNC(=O)COc1ccccc1. The molecule has 0 saturated heterocycles. The summed E-state index contributed by atoms with van der Waals surface area (Å²) in [5, 5.41) is 5.19. The highest BCUT2D eigenvalue weighted by Crippen LogP contribution is 2.07. The van der Waals surface area contributed by atoms with Crippen molar-refractivity contribution < 1.29 is 14.3 Å². The molecule has 1 aromatic rings. The number of carbonyl (C=O) groups excluding carboxylic acids is 2. The molecule has 0 aliphatic rings. The molecule has 4 N–H and O–H groups in total. The minimum atomic E-state index is -0.328. The van der Waals surface area contributed by atoms with E-state index in [1.54, 1.807) is 12.1 Å². The molecule has 21 heavy (non-hydrogen) atoms. The number of carbonyl (C=O) groups is 2. The van der Waals surface area contributed by atoms with E-state index < -0.39 is 0 Å². The van der Waals surface area contributed by atoms with Crippen molar-refractivity contribution in [2.75, 3.05) is 26.2 Å². The van der Waals surface area contributed by atoms with Gasteiger partial charge >= 0.3 is 0 Å². The Morgan fingerprint density at radius 3 is 2.43 bits per heavy atom. The molecule has 2 amide bonds. The van der Waals surface area contributed by atoms with Crippen LogP contribution >= 0.6 is 12.4 Å². The van der Waals surface area contributed by atoms with Crippen molar-refractivity contribution in [3.63, 3.8) is 0 Å². The number of hydrogen-bond donors (Lipinski definition) is 3. The van der Waals surface area contributed by atoms with Crippen LogP contribution in [0.2, 0.25) is 0 Å². The van der Waals surface area contributed by atoms with E-state index >= 15 is 0 Å². The number of ether oxygens (including phenoxy) is 1. The zero-order valence-corrected chi connectivity index (χ0v) is 12.7. The van der Waals surface area contributed by atoms with E-state index in [1.807, 2.05) is 18.2 Å². The van der Waals surface area contributed by atoms with Crippen LogP contribution < -0.4 is 21.1 Å². The largest absolute Gasteiger partial charge is 0.484 e. The van der Waals surface area contributed by atoms with Gasteiger partial charge in [0.15, 0.2) is 6.61 Å². The summed E-state index contributed by atoms with van der Waals surface area (Å²) in [6.07, 6.45) is 1.71. The van der Waals surface area contributed by atoms with Crippen LogP contribution in [0.15, 0.2) is 30.3 Å². The van der Waals surface area contributed by atoms with Gasteiger partial charge in [-0.25, -0.2) is 0 Å². The molecule has 1 rings (SSSR count). The first kappa shape index (κ1) is 19.2. The maximum Gasteiger partial charge on any atom is 0.258 e. The molecule has 0 aliphatic carbocycles. The van der Waals surface area contributed by atoms with Crippen LogP contribution in [-0.4, -0.2) is 38.1 Å². The van der Waals surface area contributed by atoms with Crippen LogP contribution in [0.3, 0.4) is 0 Å². The number of benzene rings is 1. The topological polar surface area (TPSA) is 93.5 Å². The Labute approximate surface area is 130 Å². The Morgan fingerprint density at radius 2 is 1.76 bits per heavy atom. The molecule has 0 aromatic heterocycles. The maximum atomic E-state index is 11.5. The Balaban J connectivity index is 0.00000400. The van der Waals surface area contributed by atoms with Gasteiger partial charge < -0.3 is 21.1 Å². The second kappa shape index (κ2) is 12.0. The van der Waals surface area contributed by atoms with Gasteiger partial charge in [-0.2, -0.15) is 0 Å². The lowest BCUT2D eigenvalue weighted by Gasteiger charge is -2.08. The smallest absolute Gasteiger partial charge is 0.258 e. The number of amides is 2. The summed E-state index contributed by atoms with van der Waals surface area (Å²) in [5.74, 6) is 0.0786. The van der Waals surface area contributed by atoms with Crippen molar-refractivity contribution in [2.45, 2.75) is 12.8 Å². The van der Waals surface area contributed by atoms with Crippen molar-refractivity contribution in [3.05, 3.63) is 30.3 Å². The van der Waals surface area contributed by atoms with Crippen LogP contribution in [0.1, 0.15) is 12.8 Å². The van der Waals surface area contributed by atoms with Crippen molar-refractivity contribution in [3.8, 4) is 5.75 Å². The standard InChI is InChI=1S/C14H21N3O3.ClH/c15-8-4-5-9-16-13(18)10-17-14(19)11-20-12-6-2-1-3-7-12;/h1-3,6-7H,4-5,8-11,15H2,(H,16,18)(H,17,19);1H. The third-order valence-electron chi connectivity index (χ3n) is 2.51. The van der Waals surface area contributed by atoms with Gasteiger partial charge in [0.25, 0.3) is 5.91 Å². The fourth-order valence-corrected chi connectivity index (χ4v) is 1.46. The highest BCUT2D eigenvalue weighted by molar-refractivity contribution is 5.85. The molecule has 0 saturated carbocycles. The zero-order valence-electron chi connectivity index (χ0n) is 11.8. The molecule has 7 heteroatoms. The number of para-hydroxylation sites is 1. The Hall–Kier alpha value is -1.79. The van der Waals surface area contributed by atoms with Gasteiger partial charge in [0.2, 0.25) is 5.91 Å². The predicted octanol–water partition coefficient (Wildman–Crippen LogP) is 0.459. The van der Waals surface area contributed by atoms with E-state index in [4.69, 9.17) is 10.5 Å². The highest BCUT2D eigenvalue weighted by atomic mass is 35.5. The molecule has 0 heterocycles. The molecule has 0 bridgehead atoms. The summed E-state index contributed by atoms with van der Waals surface area (Å²) < 4.78 is 5.26. The van der Waals surface area contributed by atoms with Gasteiger partial charge in [-0.1, -0.05) is 18.2 Å². The molecular formula is C14H22ClN3O3. The number of hydrogen-bond acceptors (Lipinski definition) is 4. The first-order chi connectivity index (χ1) is 9.72. The zero-order chi connectivity index (χ0) is 14.6. The van der Waals surface area contributed by atoms with Crippen LogP contribution in [0, 0.1) is 0 Å². The third kappa shape index (κ3) is 9.70. The Morgan fingerprint density at radius 1 is 1.05 bits per heavy atom. The van der Waals surface area contributed by atoms with Crippen molar-refractivity contribution in [2.24, 2.45) is 5.73 Å². The number of nitrogens with two attached hydrogens (primary N) is 1. The highest BCUT2D eigenvalue weighted by Gasteiger charge is 2.05. The molecule has 0 spiro atoms. The molecular weight excluding hydrogens is 294 g/mol. The number of rotatable bonds is 9. The molecule has 0 aliphatic heterocycles. The third-order valence-corrected chi connectivity index (χ3v) is 2.51. The van der Waals surface area contributed by atoms with E-state index in [2.05, 4.69) is 10.6 Å². The van der Waals surface area contributed by atoms with Crippen LogP contribution in [0.4, 0.5) is 0 Å². The molecule has 0 fully saturated rings. The van der Waals surface area contributed by atoms with Gasteiger partial charge in [-0.05, 0) is 31.5 Å². The Bertz CT molecular complexity index is 415. The first-order valence-corrected chi connectivity index (χ1v) is 6.63. The lowest BCUT2D eigenvalue weighted by molar-refractivity contribution is -0.127. The number of halogens is 1. The molecule has 0 atom stereocenters. The lowest BCUT2D eigenvalue weighted by Crippen LogP contribution is -2.39. The number of unbranched alkanes of at least 4 members (excludes halogenated alkanes) is 1. The van der Waals surface area contributed by atoms with E-state index in [9.17, 15) is 9.59 Å². The van der Waals surface area contributed by atoms with Crippen LogP contribution in [0.5, 0.6) is 5.75 Å². The van der Waals surface area contributed by atoms with Gasteiger partial charge in [0, 0.05) is 6.54 Å². The van der Waals surface area contributed by atoms with Crippen molar-refractivity contribution in [1.29, 1.82) is 0 Å². The molecule has 0 unspecified atom stereocenters. The Kier molecular flexibility index (Phi) is 11.0. The molecule has 6 nitrogen and oxygen atoms in total. The minimum Gasteiger partial charge on any atom is -0.484 e. The van der Waals surface area contributed by atoms with E-state index in [1.165, 1.54) is 0 Å². The summed E-state index contributed by atoms with van der Waals surface area (Å²) in [5.41, 5.74) is 5.34. The van der Waals surface area contributed by atoms with Gasteiger partial charge in [-0.15, -0.1) is 12.4 Å². The average Bonchev–Trinajstić information content (AvgIpc) is 2.48. The van der Waals surface area contributed by atoms with Crippen molar-refractivity contribution in [1.82, 2.24) is 10.6 Å². The van der Waals surface area contributed by atoms with Gasteiger partial charge in [0.05, 0.1) is 6.54 Å². The van der Waals surface area contributed by atoms with Crippen molar-refractivity contribution >= 4 is 24.2 Å². The normalized spacial score (nSPS) is 9.38. The molecule has 118 valence electrons. The average molecular weight is 316 g/mol. The fraction of sp³-hybridized carbons (Fsp3) is 0.429. The summed E-state index contributed by atoms with van der Waals surface area (Å²) in [7, 11) is 0. The van der Waals surface area contributed by atoms with E-state index in [0.717, 1.165) is 12.8 Å². The summed E-state index contributed by atoms with van der Waals surface area (Å²) in [4.78, 5) is 22.9. The summed E-state index contributed by atoms with van der Waals surface area (Å²) in [6, 6.07) is 9.03. The monoisotopic (exact) mass is 315 g/mol. The molecule has 1 aromatic carbocycles. The van der Waals surface area contributed by atoms with E-state index in [-0.39, 0.29) is 37.4 Å². The van der Waals surface area contributed by atoms with Gasteiger partial charge in [0.1, 0.15) is 5.75 Å². The second-order valence-electron chi connectivity index (χ2n) is 4.22. The first-order valence-electron chi connectivity index (χ1n) is 6.63. The van der Waals surface area contributed by atoms with Crippen LogP contribution in [-0.2, 0) is 9.59 Å². The summed E-state index contributed by atoms with van der Waals surface area (Å²) in [6.45, 7) is 1.04. The summed E-state index contributed by atoms with van der Waals surface area (Å²) >= 11 is 0.